The number of hydrogen-bond acceptors (Lipinski definition) is 3. The van der Waals surface area contributed by atoms with Gasteiger partial charge in [0.05, 0.1) is 12.6 Å². The van der Waals surface area contributed by atoms with Crippen LogP contribution < -0.4 is 4.90 Å². The molecule has 0 aromatic heterocycles. The quantitative estimate of drug-likeness (QED) is 0.931. The second-order valence-electron chi connectivity index (χ2n) is 6.55. The molecule has 1 fully saturated rings. The fraction of sp³-hybridized carbons (Fsp3) is 0.611. The van der Waals surface area contributed by atoms with Gasteiger partial charge in [0, 0.05) is 18.3 Å². The zero-order chi connectivity index (χ0) is 15.5. The third-order valence-electron chi connectivity index (χ3n) is 4.97. The monoisotopic (exact) mass is 302 g/mol. The Morgan fingerprint density at radius 2 is 2.09 bits per heavy atom. The van der Waals surface area contributed by atoms with E-state index in [1.54, 1.807) is 0 Å². The summed E-state index contributed by atoms with van der Waals surface area (Å²) in [4.78, 5) is 16.9. The molecule has 2 aliphatic rings. The third-order valence-corrected chi connectivity index (χ3v) is 4.97. The lowest BCUT2D eigenvalue weighted by atomic mass is 9.97. The average Bonchev–Trinajstić information content (AvgIpc) is 2.54. The van der Waals surface area contributed by atoms with E-state index in [9.17, 15) is 9.90 Å². The Morgan fingerprint density at radius 1 is 1.27 bits per heavy atom. The maximum atomic E-state index is 12.8. The number of aliphatic hydroxyl groups is 1. The maximum Gasteiger partial charge on any atom is 0.241 e. The molecule has 22 heavy (non-hydrogen) atoms. The Hall–Kier alpha value is -1.39. The highest BCUT2D eigenvalue weighted by molar-refractivity contribution is 5.96. The topological polar surface area (TPSA) is 43.8 Å². The van der Waals surface area contributed by atoms with Gasteiger partial charge in [-0.1, -0.05) is 24.6 Å². The van der Waals surface area contributed by atoms with Gasteiger partial charge in [0.2, 0.25) is 5.91 Å². The lowest BCUT2D eigenvalue weighted by Gasteiger charge is -2.38. The summed E-state index contributed by atoms with van der Waals surface area (Å²) >= 11 is 0. The van der Waals surface area contributed by atoms with E-state index in [1.807, 2.05) is 24.0 Å². The Kier molecular flexibility index (Phi) is 4.79. The van der Waals surface area contributed by atoms with Gasteiger partial charge in [-0.3, -0.25) is 9.69 Å². The van der Waals surface area contributed by atoms with Crippen LogP contribution in [0.4, 0.5) is 5.69 Å². The van der Waals surface area contributed by atoms with Gasteiger partial charge in [-0.05, 0) is 50.8 Å². The molecule has 2 heterocycles. The number of piperidine rings is 1. The maximum absolute atomic E-state index is 12.8. The van der Waals surface area contributed by atoms with E-state index >= 15 is 0 Å². The van der Waals surface area contributed by atoms with Crippen LogP contribution in [0.5, 0.6) is 0 Å². The summed E-state index contributed by atoms with van der Waals surface area (Å²) in [6.45, 7) is 3.98. The Morgan fingerprint density at radius 3 is 2.91 bits per heavy atom. The van der Waals surface area contributed by atoms with Gasteiger partial charge in [0.25, 0.3) is 0 Å². The molecule has 0 saturated carbocycles. The van der Waals surface area contributed by atoms with Crippen molar-refractivity contribution in [3.63, 3.8) is 0 Å². The minimum absolute atomic E-state index is 0.123. The molecule has 3 rings (SSSR count). The molecular formula is C18H26N2O2. The molecule has 0 aliphatic carbocycles. The standard InChI is InChI=1S/C18H26N2O2/c1-14(21)16-9-4-5-11-19(16)13-18(22)20-12-6-8-15-7-2-3-10-17(15)20/h2-3,7,10,14,16,21H,4-6,8-9,11-13H2,1H3. The van der Waals surface area contributed by atoms with E-state index in [0.717, 1.165) is 50.9 Å². The van der Waals surface area contributed by atoms with Crippen molar-refractivity contribution >= 4 is 11.6 Å². The Bertz CT molecular complexity index is 530. The molecule has 1 amide bonds. The number of nitrogens with zero attached hydrogens (tertiary/aromatic N) is 2. The highest BCUT2D eigenvalue weighted by Crippen LogP contribution is 2.27. The van der Waals surface area contributed by atoms with Crippen LogP contribution >= 0.6 is 0 Å². The SMILES string of the molecule is CC(O)C1CCCCN1CC(=O)N1CCCc2ccccc21. The first-order valence-corrected chi connectivity index (χ1v) is 8.47. The van der Waals surface area contributed by atoms with E-state index in [4.69, 9.17) is 0 Å². The summed E-state index contributed by atoms with van der Waals surface area (Å²) in [5, 5.41) is 9.96. The van der Waals surface area contributed by atoms with E-state index < -0.39 is 0 Å². The molecule has 2 aliphatic heterocycles. The molecule has 0 bridgehead atoms. The highest BCUT2D eigenvalue weighted by atomic mass is 16.3. The van der Waals surface area contributed by atoms with Crippen molar-refractivity contribution in [3.05, 3.63) is 29.8 Å². The van der Waals surface area contributed by atoms with Crippen LogP contribution in [-0.2, 0) is 11.2 Å². The number of carbonyl (C=O) groups is 1. The third kappa shape index (κ3) is 3.18. The van der Waals surface area contributed by atoms with Gasteiger partial charge < -0.3 is 10.0 Å². The summed E-state index contributed by atoms with van der Waals surface area (Å²) in [5.41, 5.74) is 2.34. The van der Waals surface area contributed by atoms with Gasteiger partial charge in [-0.25, -0.2) is 0 Å². The van der Waals surface area contributed by atoms with Crippen LogP contribution in [0.1, 0.15) is 38.2 Å². The molecule has 4 heteroatoms. The average molecular weight is 302 g/mol. The summed E-state index contributed by atoms with van der Waals surface area (Å²) in [7, 11) is 0. The van der Waals surface area contributed by atoms with Crippen molar-refractivity contribution in [1.82, 2.24) is 4.90 Å². The minimum atomic E-state index is -0.373. The fourth-order valence-corrected chi connectivity index (χ4v) is 3.81. The van der Waals surface area contributed by atoms with Gasteiger partial charge in [-0.2, -0.15) is 0 Å². The van der Waals surface area contributed by atoms with Gasteiger partial charge >= 0.3 is 0 Å². The molecule has 0 spiro atoms. The van der Waals surface area contributed by atoms with E-state index in [2.05, 4.69) is 17.0 Å². The van der Waals surface area contributed by atoms with Crippen molar-refractivity contribution in [1.29, 1.82) is 0 Å². The zero-order valence-corrected chi connectivity index (χ0v) is 13.4. The molecule has 1 N–H and O–H groups in total. The molecule has 2 unspecified atom stereocenters. The number of amides is 1. The smallest absolute Gasteiger partial charge is 0.241 e. The van der Waals surface area contributed by atoms with Crippen LogP contribution in [-0.4, -0.2) is 47.7 Å². The van der Waals surface area contributed by atoms with Crippen molar-refractivity contribution in [3.8, 4) is 0 Å². The van der Waals surface area contributed by atoms with Crippen molar-refractivity contribution in [2.75, 3.05) is 24.5 Å². The largest absolute Gasteiger partial charge is 0.392 e. The van der Waals surface area contributed by atoms with Crippen molar-refractivity contribution in [2.45, 2.75) is 51.2 Å². The second kappa shape index (κ2) is 6.80. The molecule has 0 radical (unpaired) electrons. The normalized spacial score (nSPS) is 23.9. The van der Waals surface area contributed by atoms with Crippen molar-refractivity contribution in [2.24, 2.45) is 0 Å². The van der Waals surface area contributed by atoms with Gasteiger partial charge in [0.1, 0.15) is 0 Å². The van der Waals surface area contributed by atoms with E-state index in [1.165, 1.54) is 5.56 Å². The van der Waals surface area contributed by atoms with Gasteiger partial charge in [-0.15, -0.1) is 0 Å². The first kappa shape index (κ1) is 15.5. The summed E-state index contributed by atoms with van der Waals surface area (Å²) in [6.07, 6.45) is 4.96. The number of para-hydroxylation sites is 1. The highest BCUT2D eigenvalue weighted by Gasteiger charge is 2.30. The summed E-state index contributed by atoms with van der Waals surface area (Å²) in [5.74, 6) is 0.166. The van der Waals surface area contributed by atoms with Crippen LogP contribution in [0, 0.1) is 0 Å². The number of carbonyl (C=O) groups excluding carboxylic acids is 1. The Labute approximate surface area is 132 Å². The predicted octanol–water partition coefficient (Wildman–Crippen LogP) is 2.20. The lowest BCUT2D eigenvalue weighted by molar-refractivity contribution is -0.121. The number of benzene rings is 1. The van der Waals surface area contributed by atoms with E-state index in [0.29, 0.717) is 6.54 Å². The van der Waals surface area contributed by atoms with E-state index in [-0.39, 0.29) is 18.1 Å². The Balaban J connectivity index is 1.72. The second-order valence-corrected chi connectivity index (χ2v) is 6.55. The first-order chi connectivity index (χ1) is 10.7. The minimum Gasteiger partial charge on any atom is -0.392 e. The molecule has 2 atom stereocenters. The molecule has 1 saturated heterocycles. The van der Waals surface area contributed by atoms with Crippen LogP contribution in [0.2, 0.25) is 0 Å². The molecule has 4 nitrogen and oxygen atoms in total. The predicted molar refractivity (Wildman–Crippen MR) is 88.0 cm³/mol. The number of anilines is 1. The summed E-state index contributed by atoms with van der Waals surface area (Å²) in [6, 6.07) is 8.34. The molecule has 1 aromatic rings. The first-order valence-electron chi connectivity index (χ1n) is 8.47. The fourth-order valence-electron chi connectivity index (χ4n) is 3.81. The summed E-state index contributed by atoms with van der Waals surface area (Å²) < 4.78 is 0. The number of hydrogen-bond donors (Lipinski definition) is 1. The van der Waals surface area contributed by atoms with Gasteiger partial charge in [0.15, 0.2) is 0 Å². The lowest BCUT2D eigenvalue weighted by Crippen LogP contribution is -2.51. The van der Waals surface area contributed by atoms with Crippen molar-refractivity contribution < 1.29 is 9.90 Å². The number of aryl methyl sites for hydroxylation is 1. The molecule has 120 valence electrons. The van der Waals surface area contributed by atoms with Crippen LogP contribution in [0.3, 0.4) is 0 Å². The van der Waals surface area contributed by atoms with Crippen LogP contribution in [0.25, 0.3) is 0 Å². The van der Waals surface area contributed by atoms with Crippen LogP contribution in [0.15, 0.2) is 24.3 Å². The number of rotatable bonds is 3. The number of aliphatic hydroxyl groups excluding tert-OH is 1. The molecule has 1 aromatic carbocycles. The number of fused-ring (bicyclic) bond motifs is 1. The number of likely N-dealkylation sites (tertiary alicyclic amines) is 1. The molecular weight excluding hydrogens is 276 g/mol. The zero-order valence-electron chi connectivity index (χ0n) is 13.4.